The normalized spacial score (nSPS) is 16.8. The maximum atomic E-state index is 2.91. The molecule has 4 heteroatoms. The Labute approximate surface area is 163 Å². The molecule has 0 aromatic carbocycles. The molecule has 0 saturated carbocycles. The van der Waals surface area contributed by atoms with Crippen molar-refractivity contribution >= 4 is 0 Å². The van der Waals surface area contributed by atoms with Crippen LogP contribution >= 0.6 is 0 Å². The van der Waals surface area contributed by atoms with Crippen molar-refractivity contribution in [3.63, 3.8) is 0 Å². The van der Waals surface area contributed by atoms with Gasteiger partial charge in [-0.15, -0.1) is 0 Å². The van der Waals surface area contributed by atoms with E-state index in [-0.39, 0.29) is 0 Å². The van der Waals surface area contributed by atoms with Crippen LogP contribution in [0.4, 0.5) is 0 Å². The topological polar surface area (TPSA) is 9.72 Å². The van der Waals surface area contributed by atoms with Crippen LogP contribution in [0.3, 0.4) is 0 Å². The van der Waals surface area contributed by atoms with Crippen molar-refractivity contribution in [1.29, 1.82) is 0 Å². The van der Waals surface area contributed by atoms with Gasteiger partial charge in [-0.3, -0.25) is 0 Å². The molecule has 0 saturated heterocycles. The van der Waals surface area contributed by atoms with E-state index in [1.54, 1.807) is 5.57 Å². The van der Waals surface area contributed by atoms with Gasteiger partial charge in [-0.05, 0) is 0 Å². The van der Waals surface area contributed by atoms with Crippen molar-refractivity contribution in [2.24, 2.45) is 5.92 Å². The monoisotopic (exact) mass is 517 g/mol. The first-order valence-electron chi connectivity index (χ1n) is 10.7. The molecule has 0 spiro atoms. The fourth-order valence-electron chi connectivity index (χ4n) is 4.70. The molecule has 1 unspecified atom stereocenters. The summed E-state index contributed by atoms with van der Waals surface area (Å²) in [7, 11) is 0. The third-order valence-electron chi connectivity index (χ3n) is 6.13. The first kappa shape index (κ1) is 23.3. The van der Waals surface area contributed by atoms with E-state index in [0.29, 0.717) is 5.92 Å². The molecule has 0 fully saturated rings. The third-order valence-corrected chi connectivity index (χ3v) is 27.1. The van der Waals surface area contributed by atoms with Gasteiger partial charge >= 0.3 is 164 Å². The molecule has 0 aliphatic heterocycles. The summed E-state index contributed by atoms with van der Waals surface area (Å²) >= 11 is -3.26. The number of allylic oxidation sites excluding steroid dienone is 4. The molecule has 1 rings (SSSR count). The van der Waals surface area contributed by atoms with E-state index < -0.39 is 20.8 Å². The average Bonchev–Trinajstić information content (AvgIpc) is 3.13. The van der Waals surface area contributed by atoms with E-state index in [2.05, 4.69) is 76.2 Å². The summed E-state index contributed by atoms with van der Waals surface area (Å²) in [6.07, 6.45) is 7.34. The van der Waals surface area contributed by atoms with Gasteiger partial charge in [0.25, 0.3) is 0 Å². The van der Waals surface area contributed by atoms with Crippen molar-refractivity contribution in [3.8, 4) is 0 Å². The molecular formula is C21H43HfN3. The van der Waals surface area contributed by atoms with Crippen LogP contribution in [0.15, 0.2) is 21.1 Å². The Morgan fingerprint density at radius 1 is 0.800 bits per heavy atom. The van der Waals surface area contributed by atoms with Gasteiger partial charge in [-0.25, -0.2) is 0 Å². The molecule has 0 radical (unpaired) electrons. The number of rotatable bonds is 12. The Balaban J connectivity index is 3.74. The maximum absolute atomic E-state index is 3.26. The molecule has 0 amide bonds. The Morgan fingerprint density at radius 3 is 1.52 bits per heavy atom. The van der Waals surface area contributed by atoms with Gasteiger partial charge in [0.1, 0.15) is 0 Å². The molecule has 3 nitrogen and oxygen atoms in total. The van der Waals surface area contributed by atoms with E-state index in [1.807, 2.05) is 3.33 Å². The summed E-state index contributed by atoms with van der Waals surface area (Å²) in [6, 6.07) is 0. The summed E-state index contributed by atoms with van der Waals surface area (Å²) in [5.41, 5.74) is 1.68. The first-order valence-corrected chi connectivity index (χ1v) is 17.3. The fourth-order valence-corrected chi connectivity index (χ4v) is 26.6. The Bertz CT molecular complexity index is 415. The van der Waals surface area contributed by atoms with E-state index in [9.17, 15) is 0 Å². The molecule has 1 aliphatic carbocycles. The third kappa shape index (κ3) is 4.39. The second-order valence-corrected chi connectivity index (χ2v) is 20.6. The summed E-state index contributed by atoms with van der Waals surface area (Å²) in [4.78, 5) is 0. The van der Waals surface area contributed by atoms with Gasteiger partial charge in [0.15, 0.2) is 0 Å². The second-order valence-electron chi connectivity index (χ2n) is 7.00. The standard InChI is InChI=1S/C9H13.3C4H10N.Hf/c1-3-8(2)9-6-4-5-7-9;3*1-3-5-4-2;/h4,6,8H,3,5H2,1-2H3;3*3-4H2,1-2H3;/q;3*-1;+3. The van der Waals surface area contributed by atoms with Crippen LogP contribution in [0.25, 0.3) is 0 Å². The zero-order valence-electron chi connectivity index (χ0n) is 18.2. The second kappa shape index (κ2) is 11.2. The van der Waals surface area contributed by atoms with Gasteiger partial charge in [0.05, 0.1) is 0 Å². The van der Waals surface area contributed by atoms with Crippen LogP contribution in [0.1, 0.15) is 68.2 Å². The van der Waals surface area contributed by atoms with Crippen molar-refractivity contribution in [1.82, 2.24) is 8.66 Å². The van der Waals surface area contributed by atoms with E-state index in [0.717, 1.165) is 0 Å². The van der Waals surface area contributed by atoms with Crippen molar-refractivity contribution in [3.05, 3.63) is 21.1 Å². The van der Waals surface area contributed by atoms with Crippen LogP contribution in [0.2, 0.25) is 0 Å². The van der Waals surface area contributed by atoms with Gasteiger partial charge in [-0.1, -0.05) is 0 Å². The molecule has 25 heavy (non-hydrogen) atoms. The zero-order valence-corrected chi connectivity index (χ0v) is 21.8. The summed E-state index contributed by atoms with van der Waals surface area (Å²) < 4.78 is 10.6. The zero-order chi connectivity index (χ0) is 19.0. The SMILES string of the molecule is CCC(C)C1=[C]([Hf]([N](CC)CC)([N](CC)CC)[N](CC)CC)CC=C1. The summed E-state index contributed by atoms with van der Waals surface area (Å²) in [5, 5.41) is 0. The van der Waals surface area contributed by atoms with E-state index >= 15 is 0 Å². The van der Waals surface area contributed by atoms with Crippen LogP contribution in [-0.2, 0) is 20.8 Å². The van der Waals surface area contributed by atoms with Crippen molar-refractivity contribution in [2.45, 2.75) is 68.2 Å². The number of nitrogens with zero attached hydrogens (tertiary/aromatic N) is 3. The molecular weight excluding hydrogens is 473 g/mol. The molecule has 0 heterocycles. The van der Waals surface area contributed by atoms with E-state index in [1.165, 1.54) is 52.1 Å². The van der Waals surface area contributed by atoms with Crippen molar-refractivity contribution in [2.75, 3.05) is 39.3 Å². The Kier molecular flexibility index (Phi) is 10.4. The van der Waals surface area contributed by atoms with Gasteiger partial charge < -0.3 is 0 Å². The average molecular weight is 516 g/mol. The first-order chi connectivity index (χ1) is 12.0. The molecule has 0 N–H and O–H groups in total. The minimum absolute atomic E-state index is 0.676. The molecule has 146 valence electrons. The van der Waals surface area contributed by atoms with Crippen LogP contribution < -0.4 is 0 Å². The minimum atomic E-state index is -3.26. The molecule has 1 aliphatic rings. The van der Waals surface area contributed by atoms with Crippen molar-refractivity contribution < 1.29 is 20.8 Å². The molecule has 1 atom stereocenters. The van der Waals surface area contributed by atoms with Crippen LogP contribution in [0.5, 0.6) is 0 Å². The van der Waals surface area contributed by atoms with E-state index in [4.69, 9.17) is 0 Å². The molecule has 0 bridgehead atoms. The fraction of sp³-hybridized carbons (Fsp3) is 0.810. The molecule has 0 aromatic rings. The predicted octanol–water partition coefficient (Wildman–Crippen LogP) is 5.17. The van der Waals surface area contributed by atoms with Gasteiger partial charge in [0.2, 0.25) is 0 Å². The quantitative estimate of drug-likeness (QED) is 0.332. The van der Waals surface area contributed by atoms with Gasteiger partial charge in [0, 0.05) is 0 Å². The van der Waals surface area contributed by atoms with Gasteiger partial charge in [-0.2, -0.15) is 0 Å². The molecule has 0 aromatic heterocycles. The Morgan fingerprint density at radius 2 is 1.20 bits per heavy atom. The Hall–Kier alpha value is 0.230. The van der Waals surface area contributed by atoms with Crippen LogP contribution in [0, 0.1) is 5.92 Å². The summed E-state index contributed by atoms with van der Waals surface area (Å²) in [5.74, 6) is 0.676. The number of hydrogen-bond acceptors (Lipinski definition) is 3. The van der Waals surface area contributed by atoms with Crippen LogP contribution in [-0.4, -0.2) is 47.9 Å². The predicted molar refractivity (Wildman–Crippen MR) is 109 cm³/mol. The number of hydrogen-bond donors (Lipinski definition) is 0. The summed E-state index contributed by atoms with van der Waals surface area (Å²) in [6.45, 7) is 26.0.